The lowest BCUT2D eigenvalue weighted by molar-refractivity contribution is -0.313. The number of aromatic amines is 1. The lowest BCUT2D eigenvalue weighted by Gasteiger charge is -2.07. The van der Waals surface area contributed by atoms with Gasteiger partial charge in [-0.1, -0.05) is 6.07 Å². The van der Waals surface area contributed by atoms with Crippen LogP contribution in [0.3, 0.4) is 0 Å². The SMILES string of the molecule is Cc1cc(C)c2[nH+]c3nc(C)c(C)cc3c(N)c2c1. The van der Waals surface area contributed by atoms with Crippen molar-refractivity contribution in [3.63, 3.8) is 0 Å². The molecule has 96 valence electrons. The summed E-state index contributed by atoms with van der Waals surface area (Å²) in [6.45, 7) is 8.27. The molecule has 0 aliphatic heterocycles. The second-order valence-electron chi connectivity index (χ2n) is 5.33. The summed E-state index contributed by atoms with van der Waals surface area (Å²) in [6, 6.07) is 6.40. The molecular formula is C16H18N3+. The van der Waals surface area contributed by atoms with Crippen LogP contribution < -0.4 is 10.7 Å². The minimum absolute atomic E-state index is 0.811. The van der Waals surface area contributed by atoms with Gasteiger partial charge in [-0.15, -0.1) is 0 Å². The van der Waals surface area contributed by atoms with Gasteiger partial charge in [-0.3, -0.25) is 0 Å². The van der Waals surface area contributed by atoms with Crippen molar-refractivity contribution in [1.29, 1.82) is 0 Å². The molecule has 0 bridgehead atoms. The van der Waals surface area contributed by atoms with Crippen LogP contribution in [0.1, 0.15) is 22.4 Å². The van der Waals surface area contributed by atoms with E-state index in [2.05, 4.69) is 48.9 Å². The van der Waals surface area contributed by atoms with Crippen molar-refractivity contribution in [3.8, 4) is 0 Å². The standard InChI is InChI=1S/C16H17N3/c1-8-5-10(3)15-12(6-8)14(17)13-7-9(2)11(4)18-16(13)19-15/h5-7H,1-4H3,(H2,17,18,19)/p+1. The minimum atomic E-state index is 0.811. The van der Waals surface area contributed by atoms with E-state index in [0.29, 0.717) is 0 Å². The van der Waals surface area contributed by atoms with Gasteiger partial charge in [-0.05, 0) is 54.6 Å². The molecule has 3 aromatic rings. The highest BCUT2D eigenvalue weighted by molar-refractivity contribution is 6.03. The van der Waals surface area contributed by atoms with E-state index < -0.39 is 0 Å². The third-order valence-corrected chi connectivity index (χ3v) is 3.77. The number of nitrogen functional groups attached to an aromatic ring is 1. The second kappa shape index (κ2) is 3.92. The van der Waals surface area contributed by atoms with Gasteiger partial charge in [0.2, 0.25) is 0 Å². The fourth-order valence-corrected chi connectivity index (χ4v) is 2.62. The van der Waals surface area contributed by atoms with Crippen molar-refractivity contribution < 1.29 is 4.98 Å². The molecule has 3 heteroatoms. The molecule has 0 unspecified atom stereocenters. The van der Waals surface area contributed by atoms with Crippen molar-refractivity contribution in [2.75, 3.05) is 5.73 Å². The van der Waals surface area contributed by atoms with E-state index in [1.165, 1.54) is 11.1 Å². The number of nitrogens with two attached hydrogens (primary N) is 1. The number of fused-ring (bicyclic) bond motifs is 2. The molecule has 0 saturated heterocycles. The number of anilines is 1. The van der Waals surface area contributed by atoms with Crippen molar-refractivity contribution in [2.24, 2.45) is 0 Å². The van der Waals surface area contributed by atoms with Gasteiger partial charge < -0.3 is 5.73 Å². The summed E-state index contributed by atoms with van der Waals surface area (Å²) >= 11 is 0. The molecule has 1 aromatic carbocycles. The molecule has 0 saturated carbocycles. The van der Waals surface area contributed by atoms with Crippen LogP contribution in [-0.4, -0.2) is 4.98 Å². The molecule has 3 nitrogen and oxygen atoms in total. The van der Waals surface area contributed by atoms with Gasteiger partial charge in [0.15, 0.2) is 5.69 Å². The number of hydrogen-bond acceptors (Lipinski definition) is 2. The predicted molar refractivity (Wildman–Crippen MR) is 79.2 cm³/mol. The number of rotatable bonds is 0. The molecule has 2 heterocycles. The number of H-pyrrole nitrogens is 1. The van der Waals surface area contributed by atoms with E-state index in [0.717, 1.165) is 38.9 Å². The first kappa shape index (κ1) is 11.9. The van der Waals surface area contributed by atoms with Crippen LogP contribution in [0.15, 0.2) is 18.2 Å². The molecule has 2 aromatic heterocycles. The predicted octanol–water partition coefficient (Wildman–Crippen LogP) is 3.02. The average molecular weight is 252 g/mol. The number of hydrogen-bond donors (Lipinski definition) is 1. The number of aryl methyl sites for hydroxylation is 4. The first-order chi connectivity index (χ1) is 8.97. The largest absolute Gasteiger partial charge is 0.397 e. The van der Waals surface area contributed by atoms with Crippen molar-refractivity contribution in [3.05, 3.63) is 40.6 Å². The fraction of sp³-hybridized carbons (Fsp3) is 0.250. The van der Waals surface area contributed by atoms with Gasteiger partial charge in [0.25, 0.3) is 0 Å². The van der Waals surface area contributed by atoms with Gasteiger partial charge in [-0.25, -0.2) is 4.98 Å². The molecule has 0 fully saturated rings. The third kappa shape index (κ3) is 1.73. The summed E-state index contributed by atoms with van der Waals surface area (Å²) < 4.78 is 0. The minimum Gasteiger partial charge on any atom is -0.397 e. The summed E-state index contributed by atoms with van der Waals surface area (Å²) in [7, 11) is 0. The maximum Gasteiger partial charge on any atom is 0.330 e. The highest BCUT2D eigenvalue weighted by Crippen LogP contribution is 2.28. The Labute approximate surface area is 112 Å². The van der Waals surface area contributed by atoms with Crippen molar-refractivity contribution >= 4 is 27.6 Å². The number of aromatic nitrogens is 2. The topological polar surface area (TPSA) is 53.0 Å². The molecule has 0 atom stereocenters. The first-order valence-electron chi connectivity index (χ1n) is 6.47. The van der Waals surface area contributed by atoms with E-state index in [4.69, 9.17) is 5.73 Å². The van der Waals surface area contributed by atoms with E-state index in [1.807, 2.05) is 6.92 Å². The maximum atomic E-state index is 6.35. The Morgan fingerprint density at radius 2 is 1.68 bits per heavy atom. The van der Waals surface area contributed by atoms with Crippen molar-refractivity contribution in [1.82, 2.24) is 4.98 Å². The van der Waals surface area contributed by atoms with Crippen molar-refractivity contribution in [2.45, 2.75) is 27.7 Å². The van der Waals surface area contributed by atoms with Crippen LogP contribution in [0, 0.1) is 27.7 Å². The van der Waals surface area contributed by atoms with Crippen LogP contribution >= 0.6 is 0 Å². The smallest absolute Gasteiger partial charge is 0.330 e. The Balaban J connectivity index is 2.56. The third-order valence-electron chi connectivity index (χ3n) is 3.77. The Morgan fingerprint density at radius 1 is 0.947 bits per heavy atom. The maximum absolute atomic E-state index is 6.35. The highest BCUT2D eigenvalue weighted by Gasteiger charge is 2.16. The van der Waals surface area contributed by atoms with Crippen LogP contribution in [0.2, 0.25) is 0 Å². The zero-order chi connectivity index (χ0) is 13.7. The quantitative estimate of drug-likeness (QED) is 0.625. The van der Waals surface area contributed by atoms with Gasteiger partial charge in [0.1, 0.15) is 5.52 Å². The van der Waals surface area contributed by atoms with Crippen LogP contribution in [0.5, 0.6) is 0 Å². The van der Waals surface area contributed by atoms with Gasteiger partial charge >= 0.3 is 5.65 Å². The van der Waals surface area contributed by atoms with E-state index in [1.54, 1.807) is 0 Å². The Morgan fingerprint density at radius 3 is 2.42 bits per heavy atom. The van der Waals surface area contributed by atoms with E-state index in [-0.39, 0.29) is 0 Å². The molecule has 0 spiro atoms. The molecule has 3 N–H and O–H groups in total. The van der Waals surface area contributed by atoms with Gasteiger partial charge in [-0.2, -0.15) is 0 Å². The molecule has 0 radical (unpaired) electrons. The number of nitrogens with zero attached hydrogens (tertiary/aromatic N) is 1. The van der Waals surface area contributed by atoms with E-state index >= 15 is 0 Å². The van der Waals surface area contributed by atoms with Crippen LogP contribution in [-0.2, 0) is 0 Å². The summed E-state index contributed by atoms with van der Waals surface area (Å²) in [4.78, 5) is 8.04. The van der Waals surface area contributed by atoms with Crippen LogP contribution in [0.25, 0.3) is 21.9 Å². The average Bonchev–Trinajstić information content (AvgIpc) is 2.34. The zero-order valence-corrected chi connectivity index (χ0v) is 11.8. The summed E-state index contributed by atoms with van der Waals surface area (Å²) in [5.41, 5.74) is 13.7. The van der Waals surface area contributed by atoms with Crippen LogP contribution in [0.4, 0.5) is 5.69 Å². The van der Waals surface area contributed by atoms with Gasteiger partial charge in [0, 0.05) is 12.3 Å². The molecule has 0 aliphatic carbocycles. The molecule has 19 heavy (non-hydrogen) atoms. The first-order valence-corrected chi connectivity index (χ1v) is 6.47. The second-order valence-corrected chi connectivity index (χ2v) is 5.33. The Bertz CT molecular complexity index is 819. The highest BCUT2D eigenvalue weighted by atomic mass is 14.9. The summed E-state index contributed by atoms with van der Waals surface area (Å²) in [5, 5.41) is 2.08. The number of nitrogens with one attached hydrogen (secondary N) is 1. The normalized spacial score (nSPS) is 11.4. The Kier molecular flexibility index (Phi) is 2.45. The molecule has 3 rings (SSSR count). The Hall–Kier alpha value is -2.16. The monoisotopic (exact) mass is 252 g/mol. The molecule has 0 aliphatic rings. The fourth-order valence-electron chi connectivity index (χ4n) is 2.62. The van der Waals surface area contributed by atoms with E-state index in [9.17, 15) is 0 Å². The van der Waals surface area contributed by atoms with Gasteiger partial charge in [0.05, 0.1) is 11.1 Å². The summed E-state index contributed by atoms with van der Waals surface area (Å²) in [6.07, 6.45) is 0. The molecule has 0 amide bonds. The lowest BCUT2D eigenvalue weighted by atomic mass is 10.0. The number of pyridine rings is 2. The zero-order valence-electron chi connectivity index (χ0n) is 11.8. The summed E-state index contributed by atoms with van der Waals surface area (Å²) in [5.74, 6) is 0. The molecular weight excluding hydrogens is 234 g/mol. The lowest BCUT2D eigenvalue weighted by Crippen LogP contribution is -2.12. The number of benzene rings is 1.